The molecule has 2 N–H and O–H groups in total. The minimum atomic E-state index is -0.378. The second-order valence-electron chi connectivity index (χ2n) is 8.39. The van der Waals surface area contributed by atoms with E-state index in [1.54, 1.807) is 28.8 Å². The molecule has 166 valence electrons. The molecule has 33 heavy (non-hydrogen) atoms. The lowest BCUT2D eigenvalue weighted by atomic mass is 10.2. The van der Waals surface area contributed by atoms with Gasteiger partial charge in [0.05, 0.1) is 17.1 Å². The fourth-order valence-corrected chi connectivity index (χ4v) is 4.74. The fourth-order valence-electron chi connectivity index (χ4n) is 4.74. The van der Waals surface area contributed by atoms with Crippen LogP contribution in [0.1, 0.15) is 33.3 Å². The van der Waals surface area contributed by atoms with Gasteiger partial charge in [-0.2, -0.15) is 0 Å². The lowest BCUT2D eigenvalue weighted by Gasteiger charge is -2.13. The van der Waals surface area contributed by atoms with Crippen LogP contribution in [0.25, 0.3) is 16.6 Å². The van der Waals surface area contributed by atoms with E-state index in [-0.39, 0.29) is 24.1 Å². The fraction of sp³-hybridized carbons (Fsp3) is 0.200. The van der Waals surface area contributed by atoms with Gasteiger partial charge in [0.2, 0.25) is 0 Å². The first-order valence-electron chi connectivity index (χ1n) is 10.9. The van der Waals surface area contributed by atoms with Gasteiger partial charge in [0.1, 0.15) is 17.3 Å². The molecule has 0 saturated carbocycles. The van der Waals surface area contributed by atoms with Gasteiger partial charge >= 0.3 is 0 Å². The zero-order valence-electron chi connectivity index (χ0n) is 17.7. The first-order chi connectivity index (χ1) is 16.1. The SMILES string of the molecule is O=C(NC1=CCn2c1nc1c2CNCC1)c1cc2cc(F)ccc2n1Cc1cccc(F)c1. The van der Waals surface area contributed by atoms with Gasteiger partial charge in [-0.25, -0.2) is 13.8 Å². The molecule has 6 rings (SSSR count). The van der Waals surface area contributed by atoms with Crippen LogP contribution in [-0.4, -0.2) is 26.6 Å². The summed E-state index contributed by atoms with van der Waals surface area (Å²) in [5.41, 5.74) is 4.68. The highest BCUT2D eigenvalue weighted by Crippen LogP contribution is 2.27. The molecule has 0 saturated heterocycles. The van der Waals surface area contributed by atoms with Crippen molar-refractivity contribution in [2.45, 2.75) is 26.1 Å². The molecule has 0 radical (unpaired) electrons. The highest BCUT2D eigenvalue weighted by atomic mass is 19.1. The van der Waals surface area contributed by atoms with E-state index >= 15 is 0 Å². The summed E-state index contributed by atoms with van der Waals surface area (Å²) in [5, 5.41) is 6.97. The number of hydrogen-bond acceptors (Lipinski definition) is 3. The van der Waals surface area contributed by atoms with Gasteiger partial charge in [-0.1, -0.05) is 12.1 Å². The minimum absolute atomic E-state index is 0.281. The van der Waals surface area contributed by atoms with E-state index in [0.717, 1.165) is 36.7 Å². The lowest BCUT2D eigenvalue weighted by molar-refractivity contribution is 0.0965. The second kappa shape index (κ2) is 7.67. The third kappa shape index (κ3) is 3.43. The second-order valence-corrected chi connectivity index (χ2v) is 8.39. The Labute approximate surface area is 188 Å². The van der Waals surface area contributed by atoms with Crippen molar-refractivity contribution in [3.05, 3.63) is 94.7 Å². The molecular formula is C25H21F2N5O. The summed E-state index contributed by atoms with van der Waals surface area (Å²) in [5.74, 6) is -0.280. The molecule has 2 aromatic heterocycles. The molecule has 4 heterocycles. The predicted octanol–water partition coefficient (Wildman–Crippen LogP) is 3.59. The van der Waals surface area contributed by atoms with Gasteiger partial charge < -0.3 is 19.8 Å². The Morgan fingerprint density at radius 1 is 1.12 bits per heavy atom. The summed E-state index contributed by atoms with van der Waals surface area (Å²) in [7, 11) is 0. The van der Waals surface area contributed by atoms with Crippen molar-refractivity contribution in [1.82, 2.24) is 24.8 Å². The van der Waals surface area contributed by atoms with Crippen molar-refractivity contribution in [1.29, 1.82) is 0 Å². The first-order valence-corrected chi connectivity index (χ1v) is 10.9. The van der Waals surface area contributed by atoms with Crippen molar-refractivity contribution < 1.29 is 13.6 Å². The van der Waals surface area contributed by atoms with E-state index in [2.05, 4.69) is 15.2 Å². The molecule has 0 unspecified atom stereocenters. The number of nitrogens with zero attached hydrogens (tertiary/aromatic N) is 3. The number of nitrogens with one attached hydrogen (secondary N) is 2. The van der Waals surface area contributed by atoms with Crippen molar-refractivity contribution in [2.75, 3.05) is 6.54 Å². The van der Waals surface area contributed by atoms with Crippen LogP contribution in [0.4, 0.5) is 8.78 Å². The molecule has 1 amide bonds. The summed E-state index contributed by atoms with van der Waals surface area (Å²) in [6, 6.07) is 12.3. The number of imidazole rings is 1. The molecule has 0 spiro atoms. The number of fused-ring (bicyclic) bond motifs is 4. The molecule has 4 aromatic rings. The number of carbonyl (C=O) groups excluding carboxylic acids is 1. The molecule has 6 nitrogen and oxygen atoms in total. The summed E-state index contributed by atoms with van der Waals surface area (Å²) in [6.07, 6.45) is 2.82. The third-order valence-corrected chi connectivity index (χ3v) is 6.28. The van der Waals surface area contributed by atoms with Gasteiger partial charge in [-0.3, -0.25) is 4.79 Å². The number of benzene rings is 2. The zero-order chi connectivity index (χ0) is 22.5. The molecule has 2 aliphatic heterocycles. The largest absolute Gasteiger partial charge is 0.332 e. The van der Waals surface area contributed by atoms with Crippen LogP contribution in [0.3, 0.4) is 0 Å². The van der Waals surface area contributed by atoms with Crippen molar-refractivity contribution in [2.24, 2.45) is 0 Å². The molecule has 8 heteroatoms. The molecule has 2 aliphatic rings. The summed E-state index contributed by atoms with van der Waals surface area (Å²) in [6.45, 7) is 2.60. The Morgan fingerprint density at radius 2 is 2.00 bits per heavy atom. The van der Waals surface area contributed by atoms with Crippen LogP contribution in [0, 0.1) is 11.6 Å². The summed E-state index contributed by atoms with van der Waals surface area (Å²) in [4.78, 5) is 18.2. The van der Waals surface area contributed by atoms with Crippen molar-refractivity contribution in [3.63, 3.8) is 0 Å². The Bertz CT molecular complexity index is 1450. The van der Waals surface area contributed by atoms with Crippen molar-refractivity contribution >= 4 is 22.5 Å². The summed E-state index contributed by atoms with van der Waals surface area (Å²) >= 11 is 0. The van der Waals surface area contributed by atoms with Gasteiger partial charge in [-0.15, -0.1) is 0 Å². The van der Waals surface area contributed by atoms with Crippen LogP contribution in [0.5, 0.6) is 0 Å². The normalized spacial score (nSPS) is 14.8. The average molecular weight is 445 g/mol. The number of hydrogen-bond donors (Lipinski definition) is 2. The van der Waals surface area contributed by atoms with E-state index in [1.807, 2.05) is 6.08 Å². The third-order valence-electron chi connectivity index (χ3n) is 6.28. The average Bonchev–Trinajstić information content (AvgIpc) is 3.46. The number of aromatic nitrogens is 3. The number of allylic oxidation sites excluding steroid dienone is 1. The zero-order valence-corrected chi connectivity index (χ0v) is 17.7. The number of rotatable bonds is 4. The molecule has 0 bridgehead atoms. The van der Waals surface area contributed by atoms with Crippen LogP contribution in [0.2, 0.25) is 0 Å². The predicted molar refractivity (Wildman–Crippen MR) is 120 cm³/mol. The maximum Gasteiger partial charge on any atom is 0.272 e. The minimum Gasteiger partial charge on any atom is -0.332 e. The maximum atomic E-state index is 13.9. The van der Waals surface area contributed by atoms with E-state index in [1.165, 1.54) is 24.3 Å². The van der Waals surface area contributed by atoms with Gasteiger partial charge in [0.25, 0.3) is 5.91 Å². The number of carbonyl (C=O) groups is 1. The highest BCUT2D eigenvalue weighted by Gasteiger charge is 2.27. The molecule has 0 fully saturated rings. The smallest absolute Gasteiger partial charge is 0.272 e. The van der Waals surface area contributed by atoms with Gasteiger partial charge in [-0.05, 0) is 48.0 Å². The molecule has 0 atom stereocenters. The Morgan fingerprint density at radius 3 is 2.88 bits per heavy atom. The Kier molecular flexibility index (Phi) is 4.62. The quantitative estimate of drug-likeness (QED) is 0.505. The standard InChI is InChI=1S/C25H21F2N5O/c26-17-3-1-2-15(10-17)14-32-21-5-4-18(27)11-16(21)12-22(32)25(33)30-20-7-9-31-23-13-28-8-6-19(23)29-24(20)31/h1-5,7,10-12,28H,6,8-9,13-14H2,(H,30,33). The van der Waals surface area contributed by atoms with Gasteiger partial charge in [0, 0.05) is 43.5 Å². The Hall–Kier alpha value is -3.78. The monoisotopic (exact) mass is 445 g/mol. The van der Waals surface area contributed by atoms with E-state index in [4.69, 9.17) is 4.98 Å². The van der Waals surface area contributed by atoms with Crippen LogP contribution < -0.4 is 10.6 Å². The van der Waals surface area contributed by atoms with E-state index in [0.29, 0.717) is 34.4 Å². The van der Waals surface area contributed by atoms with Crippen LogP contribution in [-0.2, 0) is 26.1 Å². The summed E-state index contributed by atoms with van der Waals surface area (Å²) < 4.78 is 31.6. The maximum absolute atomic E-state index is 13.9. The molecule has 0 aliphatic carbocycles. The molecule has 2 aromatic carbocycles. The molecular weight excluding hydrogens is 424 g/mol. The van der Waals surface area contributed by atoms with Crippen LogP contribution >= 0.6 is 0 Å². The van der Waals surface area contributed by atoms with E-state index in [9.17, 15) is 13.6 Å². The van der Waals surface area contributed by atoms with E-state index < -0.39 is 0 Å². The Balaban J connectivity index is 1.36. The van der Waals surface area contributed by atoms with Crippen LogP contribution in [0.15, 0.2) is 54.6 Å². The highest BCUT2D eigenvalue weighted by molar-refractivity contribution is 6.02. The van der Waals surface area contributed by atoms with Gasteiger partial charge in [0.15, 0.2) is 5.82 Å². The first kappa shape index (κ1) is 19.9. The lowest BCUT2D eigenvalue weighted by Crippen LogP contribution is -2.25. The number of amides is 1. The van der Waals surface area contributed by atoms with Crippen molar-refractivity contribution in [3.8, 4) is 0 Å². The number of halogens is 2. The topological polar surface area (TPSA) is 63.9 Å².